The zero-order valence-electron chi connectivity index (χ0n) is 22.6. The molecule has 0 saturated carbocycles. The molecule has 2 aliphatic heterocycles. The van der Waals surface area contributed by atoms with E-state index in [1.165, 1.54) is 18.2 Å². The van der Waals surface area contributed by atoms with E-state index in [-0.39, 0.29) is 10.8 Å². The SMILES string of the molecule is CCCCCOC[C@@H](OCCCCC)[C@H]1O[C@@H]2OC(C)(C)O[C@@H]2[C@H]1NC(=S)Nc1ccccc1C(F)(F)F. The second-order valence-corrected chi connectivity index (χ2v) is 10.5. The summed E-state index contributed by atoms with van der Waals surface area (Å²) in [5.74, 6) is -0.883. The minimum Gasteiger partial charge on any atom is -0.379 e. The van der Waals surface area contributed by atoms with Crippen LogP contribution in [0.25, 0.3) is 0 Å². The molecule has 2 aliphatic rings. The first kappa shape index (κ1) is 31.0. The number of fused-ring (bicyclic) bond motifs is 1. The van der Waals surface area contributed by atoms with Crippen LogP contribution in [0.1, 0.15) is 71.8 Å². The molecule has 2 heterocycles. The van der Waals surface area contributed by atoms with Gasteiger partial charge in [0.1, 0.15) is 18.3 Å². The lowest BCUT2D eigenvalue weighted by molar-refractivity contribution is -0.222. The van der Waals surface area contributed by atoms with Crippen LogP contribution in [0.3, 0.4) is 0 Å². The highest BCUT2D eigenvalue weighted by Crippen LogP contribution is 2.39. The molecular weight excluding hydrogens is 521 g/mol. The first-order valence-corrected chi connectivity index (χ1v) is 13.9. The van der Waals surface area contributed by atoms with Gasteiger partial charge in [-0.15, -0.1) is 0 Å². The van der Waals surface area contributed by atoms with Gasteiger partial charge in [0.2, 0.25) is 0 Å². The molecule has 5 atom stereocenters. The van der Waals surface area contributed by atoms with Crippen LogP contribution in [-0.2, 0) is 29.9 Å². The second-order valence-electron chi connectivity index (χ2n) is 10.1. The van der Waals surface area contributed by atoms with Gasteiger partial charge in [0.15, 0.2) is 17.2 Å². The van der Waals surface area contributed by atoms with Crippen molar-refractivity contribution in [1.29, 1.82) is 0 Å². The fourth-order valence-corrected chi connectivity index (χ4v) is 4.89. The molecule has 3 rings (SSSR count). The van der Waals surface area contributed by atoms with Crippen LogP contribution in [0.4, 0.5) is 18.9 Å². The first-order valence-electron chi connectivity index (χ1n) is 13.5. The Balaban J connectivity index is 1.76. The summed E-state index contributed by atoms with van der Waals surface area (Å²) in [6.45, 7) is 9.27. The van der Waals surface area contributed by atoms with E-state index in [0.717, 1.165) is 44.6 Å². The maximum absolute atomic E-state index is 13.5. The average Bonchev–Trinajstić information content (AvgIpc) is 3.32. The smallest absolute Gasteiger partial charge is 0.379 e. The number of unbranched alkanes of at least 4 members (excludes halogenated alkanes) is 4. The number of hydrogen-bond acceptors (Lipinski definition) is 6. The number of benzene rings is 1. The minimum atomic E-state index is -4.53. The van der Waals surface area contributed by atoms with E-state index in [0.29, 0.717) is 19.8 Å². The summed E-state index contributed by atoms with van der Waals surface area (Å²) in [5.41, 5.74) is -0.944. The standard InChI is InChI=1S/C27H41F3N2O5S/c1-5-7-11-15-33-17-20(34-16-12-8-6-2)22-21(23-24(35-22)37-26(3,4)36-23)32-25(38)31-19-14-10-9-13-18(19)27(28,29)30/h9-10,13-14,20-24H,5-8,11-12,15-17H2,1-4H3,(H2,31,32,38)/t20-,21+,22-,23-,24-/m1/s1. The largest absolute Gasteiger partial charge is 0.418 e. The van der Waals surface area contributed by atoms with Crippen molar-refractivity contribution in [2.24, 2.45) is 0 Å². The monoisotopic (exact) mass is 562 g/mol. The summed E-state index contributed by atoms with van der Waals surface area (Å²) in [5, 5.41) is 5.87. The quantitative estimate of drug-likeness (QED) is 0.211. The Bertz CT molecular complexity index is 889. The molecule has 0 spiro atoms. The van der Waals surface area contributed by atoms with Crippen molar-refractivity contribution in [2.45, 2.75) is 109 Å². The number of ether oxygens (including phenoxy) is 5. The third kappa shape index (κ3) is 8.76. The van der Waals surface area contributed by atoms with Crippen LogP contribution in [0, 0.1) is 0 Å². The Morgan fingerprint density at radius 1 is 1.05 bits per heavy atom. The van der Waals surface area contributed by atoms with Gasteiger partial charge in [-0.3, -0.25) is 0 Å². The molecule has 0 bridgehead atoms. The van der Waals surface area contributed by atoms with Gasteiger partial charge in [-0.05, 0) is 51.0 Å². The van der Waals surface area contributed by atoms with E-state index in [4.69, 9.17) is 35.9 Å². The van der Waals surface area contributed by atoms with E-state index in [2.05, 4.69) is 24.5 Å². The molecule has 1 aromatic carbocycles. The van der Waals surface area contributed by atoms with E-state index in [1.54, 1.807) is 13.8 Å². The van der Waals surface area contributed by atoms with Crippen molar-refractivity contribution in [1.82, 2.24) is 5.32 Å². The lowest BCUT2D eigenvalue weighted by Crippen LogP contribution is -2.54. The Hall–Kier alpha value is -1.50. The summed E-state index contributed by atoms with van der Waals surface area (Å²) in [6.07, 6.45) is -0.652. The Morgan fingerprint density at radius 2 is 1.74 bits per heavy atom. The molecule has 0 unspecified atom stereocenters. The first-order chi connectivity index (χ1) is 18.1. The van der Waals surface area contributed by atoms with Crippen molar-refractivity contribution in [3.63, 3.8) is 0 Å². The molecule has 0 aliphatic carbocycles. The van der Waals surface area contributed by atoms with Gasteiger partial charge in [-0.25, -0.2) is 0 Å². The number of nitrogens with one attached hydrogen (secondary N) is 2. The predicted molar refractivity (Wildman–Crippen MR) is 143 cm³/mol. The lowest BCUT2D eigenvalue weighted by Gasteiger charge is -2.32. The maximum Gasteiger partial charge on any atom is 0.418 e. The van der Waals surface area contributed by atoms with E-state index >= 15 is 0 Å². The molecule has 11 heteroatoms. The zero-order valence-corrected chi connectivity index (χ0v) is 23.5. The van der Waals surface area contributed by atoms with Gasteiger partial charge in [0.05, 0.1) is 23.9 Å². The van der Waals surface area contributed by atoms with Crippen LogP contribution in [-0.4, -0.2) is 61.4 Å². The average molecular weight is 563 g/mol. The van der Waals surface area contributed by atoms with Crippen molar-refractivity contribution in [3.05, 3.63) is 29.8 Å². The van der Waals surface area contributed by atoms with Gasteiger partial charge in [0.25, 0.3) is 0 Å². The third-order valence-electron chi connectivity index (χ3n) is 6.49. The summed E-state index contributed by atoms with van der Waals surface area (Å²) in [4.78, 5) is 0. The maximum atomic E-state index is 13.5. The summed E-state index contributed by atoms with van der Waals surface area (Å²) < 4.78 is 71.1. The Morgan fingerprint density at radius 3 is 2.42 bits per heavy atom. The zero-order chi connectivity index (χ0) is 27.8. The van der Waals surface area contributed by atoms with E-state index in [1.807, 2.05) is 0 Å². The van der Waals surface area contributed by atoms with Gasteiger partial charge in [-0.1, -0.05) is 51.7 Å². The van der Waals surface area contributed by atoms with Crippen molar-refractivity contribution >= 4 is 23.0 Å². The van der Waals surface area contributed by atoms with Gasteiger partial charge < -0.3 is 34.3 Å². The number of anilines is 1. The third-order valence-corrected chi connectivity index (χ3v) is 6.71. The molecule has 0 amide bonds. The lowest BCUT2D eigenvalue weighted by atomic mass is 10.0. The highest BCUT2D eigenvalue weighted by Gasteiger charge is 2.57. The number of halogens is 3. The van der Waals surface area contributed by atoms with Gasteiger partial charge in [-0.2, -0.15) is 13.2 Å². The van der Waals surface area contributed by atoms with Crippen molar-refractivity contribution < 1.29 is 36.9 Å². The molecule has 0 aromatic heterocycles. The molecular formula is C27H41F3N2O5S. The highest BCUT2D eigenvalue weighted by atomic mass is 32.1. The molecule has 38 heavy (non-hydrogen) atoms. The van der Waals surface area contributed by atoms with Crippen LogP contribution >= 0.6 is 12.2 Å². The summed E-state index contributed by atoms with van der Waals surface area (Å²) in [7, 11) is 0. The molecule has 2 fully saturated rings. The van der Waals surface area contributed by atoms with Crippen LogP contribution < -0.4 is 10.6 Å². The Labute approximate surface area is 229 Å². The molecule has 0 radical (unpaired) electrons. The number of alkyl halides is 3. The molecule has 2 saturated heterocycles. The summed E-state index contributed by atoms with van der Waals surface area (Å²) in [6, 6.07) is 4.65. The molecule has 1 aromatic rings. The predicted octanol–water partition coefficient (Wildman–Crippen LogP) is 6.02. The molecule has 2 N–H and O–H groups in total. The number of rotatable bonds is 14. The fraction of sp³-hybridized carbons (Fsp3) is 0.741. The topological polar surface area (TPSA) is 70.2 Å². The normalized spacial score (nSPS) is 25.2. The fourth-order valence-electron chi connectivity index (χ4n) is 4.64. The van der Waals surface area contributed by atoms with Crippen LogP contribution in [0.15, 0.2) is 24.3 Å². The molecule has 216 valence electrons. The number of hydrogen-bond donors (Lipinski definition) is 2. The van der Waals surface area contributed by atoms with E-state index < -0.39 is 48.2 Å². The highest BCUT2D eigenvalue weighted by molar-refractivity contribution is 7.80. The number of thiocarbonyl (C=S) groups is 1. The second kappa shape index (κ2) is 14.2. The van der Waals surface area contributed by atoms with E-state index in [9.17, 15) is 13.2 Å². The van der Waals surface area contributed by atoms with Gasteiger partial charge >= 0.3 is 6.18 Å². The Kier molecular flexibility index (Phi) is 11.6. The van der Waals surface area contributed by atoms with Crippen LogP contribution in [0.5, 0.6) is 0 Å². The minimum absolute atomic E-state index is 0.0165. The van der Waals surface area contributed by atoms with Crippen molar-refractivity contribution in [2.75, 3.05) is 25.1 Å². The van der Waals surface area contributed by atoms with Crippen molar-refractivity contribution in [3.8, 4) is 0 Å². The number of para-hydroxylation sites is 1. The molecule has 7 nitrogen and oxygen atoms in total. The van der Waals surface area contributed by atoms with Gasteiger partial charge in [0, 0.05) is 13.2 Å². The van der Waals surface area contributed by atoms with Crippen LogP contribution in [0.2, 0.25) is 0 Å². The summed E-state index contributed by atoms with van der Waals surface area (Å²) >= 11 is 5.46.